The molecule has 2 rings (SSSR count). The Bertz CT molecular complexity index is 729. The highest BCUT2D eigenvalue weighted by atomic mass is 32.2. The topological polar surface area (TPSA) is 126 Å². The quantitative estimate of drug-likeness (QED) is 0.134. The summed E-state index contributed by atoms with van der Waals surface area (Å²) >= 11 is 1.91. The molecule has 3 atom stereocenters. The molecule has 0 aromatic carbocycles. The van der Waals surface area contributed by atoms with Crippen LogP contribution in [0.5, 0.6) is 0 Å². The fraction of sp³-hybridized carbons (Fsp3) is 0.889. The number of aliphatic carboxylic acids is 1. The van der Waals surface area contributed by atoms with Gasteiger partial charge < -0.3 is 30.5 Å². The smallest absolute Gasteiger partial charge is 0.315 e. The number of carboxylic acid groups (broad SMARTS) is 1. The van der Waals surface area contributed by atoms with Crippen molar-refractivity contribution in [3.63, 3.8) is 0 Å². The van der Waals surface area contributed by atoms with Crippen LogP contribution in [0.3, 0.4) is 0 Å². The highest BCUT2D eigenvalue weighted by molar-refractivity contribution is 8.00. The van der Waals surface area contributed by atoms with Crippen LogP contribution in [0, 0.1) is 0 Å². The number of fused-ring (bicyclic) bond motifs is 1. The van der Waals surface area contributed by atoms with E-state index in [0.717, 1.165) is 57.1 Å². The summed E-state index contributed by atoms with van der Waals surface area (Å²) in [6, 6.07) is 0.409. The molecule has 37 heavy (non-hydrogen) atoms. The Labute approximate surface area is 226 Å². The second-order valence-electron chi connectivity index (χ2n) is 10.3. The van der Waals surface area contributed by atoms with Crippen molar-refractivity contribution < 1.29 is 29.0 Å². The monoisotopic (exact) mass is 543 g/mol. The first kappa shape index (κ1) is 31.7. The number of carboxylic acids is 1. The minimum absolute atomic E-state index is 0.00634. The lowest BCUT2D eigenvalue weighted by molar-refractivity contribution is -0.141. The average molecular weight is 544 g/mol. The maximum Gasteiger partial charge on any atom is 0.315 e. The SMILES string of the molecule is CCC(CC)(CCNC(=O)CCCCC1SCC2NC(=O)NC21)OCCC(CC)(CC)OCCC(=O)O. The first-order valence-electron chi connectivity index (χ1n) is 14.2. The molecule has 0 radical (unpaired) electrons. The van der Waals surface area contributed by atoms with Crippen molar-refractivity contribution in [3.8, 4) is 0 Å². The molecule has 214 valence electrons. The van der Waals surface area contributed by atoms with Crippen molar-refractivity contribution in [1.29, 1.82) is 0 Å². The number of hydrogen-bond acceptors (Lipinski definition) is 6. The van der Waals surface area contributed by atoms with Gasteiger partial charge in [-0.15, -0.1) is 0 Å². The fourth-order valence-corrected chi connectivity index (χ4v) is 6.90. The molecule has 0 aliphatic carbocycles. The molecule has 3 amide bonds. The van der Waals surface area contributed by atoms with Crippen LogP contribution in [0.25, 0.3) is 0 Å². The van der Waals surface area contributed by atoms with E-state index in [-0.39, 0.29) is 48.3 Å². The zero-order valence-corrected chi connectivity index (χ0v) is 24.1. The molecule has 9 nitrogen and oxygen atoms in total. The Morgan fingerprint density at radius 2 is 1.62 bits per heavy atom. The van der Waals surface area contributed by atoms with Crippen molar-refractivity contribution in [2.45, 2.75) is 127 Å². The summed E-state index contributed by atoms with van der Waals surface area (Å²) in [7, 11) is 0. The highest BCUT2D eigenvalue weighted by Crippen LogP contribution is 2.33. The van der Waals surface area contributed by atoms with Crippen LogP contribution < -0.4 is 16.0 Å². The van der Waals surface area contributed by atoms with Gasteiger partial charge >= 0.3 is 12.0 Å². The van der Waals surface area contributed by atoms with Crippen LogP contribution in [0.1, 0.15) is 98.3 Å². The summed E-state index contributed by atoms with van der Waals surface area (Å²) in [5.41, 5.74) is -0.660. The molecule has 0 aromatic rings. The molecule has 2 heterocycles. The van der Waals surface area contributed by atoms with E-state index < -0.39 is 5.97 Å². The van der Waals surface area contributed by atoms with Gasteiger partial charge in [-0.25, -0.2) is 4.79 Å². The molecule has 2 aliphatic heterocycles. The number of hydrogen-bond donors (Lipinski definition) is 4. The summed E-state index contributed by atoms with van der Waals surface area (Å²) in [6.07, 6.45) is 8.17. The van der Waals surface area contributed by atoms with Crippen molar-refractivity contribution in [3.05, 3.63) is 0 Å². The molecule has 0 spiro atoms. The Balaban J connectivity index is 1.67. The predicted molar refractivity (Wildman–Crippen MR) is 147 cm³/mol. The third kappa shape index (κ3) is 9.94. The van der Waals surface area contributed by atoms with Crippen molar-refractivity contribution in [2.24, 2.45) is 0 Å². The third-order valence-corrected chi connectivity index (χ3v) is 9.76. The van der Waals surface area contributed by atoms with E-state index >= 15 is 0 Å². The van der Waals surface area contributed by atoms with Gasteiger partial charge in [0.1, 0.15) is 0 Å². The van der Waals surface area contributed by atoms with E-state index in [1.165, 1.54) is 0 Å². The Morgan fingerprint density at radius 3 is 2.27 bits per heavy atom. The molecule has 3 unspecified atom stereocenters. The van der Waals surface area contributed by atoms with Gasteiger partial charge in [-0.1, -0.05) is 34.1 Å². The summed E-state index contributed by atoms with van der Waals surface area (Å²) in [4.78, 5) is 34.8. The van der Waals surface area contributed by atoms with Gasteiger partial charge in [-0.3, -0.25) is 9.59 Å². The Morgan fingerprint density at radius 1 is 0.973 bits per heavy atom. The van der Waals surface area contributed by atoms with Crippen molar-refractivity contribution in [2.75, 3.05) is 25.5 Å². The first-order valence-corrected chi connectivity index (χ1v) is 15.2. The van der Waals surface area contributed by atoms with Gasteiger partial charge in [-0.2, -0.15) is 11.8 Å². The standard InChI is InChI=1S/C27H49N3O6S/c1-5-26(6-2,36-18-15-27(7-3,8-4)35-17-13-23(32)33)14-16-28-22(31)12-10-9-11-21-24-20(19-37-21)29-25(34)30-24/h20-21,24H,5-19H2,1-4H3,(H,28,31)(H,32,33)(H2,29,30,34). The lowest BCUT2D eigenvalue weighted by atomic mass is 9.91. The van der Waals surface area contributed by atoms with Crippen LogP contribution in [0.4, 0.5) is 4.79 Å². The largest absolute Gasteiger partial charge is 0.481 e. The molecule has 2 fully saturated rings. The highest BCUT2D eigenvalue weighted by Gasteiger charge is 2.42. The third-order valence-electron chi connectivity index (χ3n) is 8.25. The molecule has 10 heteroatoms. The number of amides is 3. The number of carbonyl (C=O) groups excluding carboxylic acids is 2. The minimum Gasteiger partial charge on any atom is -0.481 e. The van der Waals surface area contributed by atoms with Gasteiger partial charge in [0.25, 0.3) is 0 Å². The van der Waals surface area contributed by atoms with E-state index in [1.54, 1.807) is 0 Å². The summed E-state index contributed by atoms with van der Waals surface area (Å²) in [5.74, 6) is 0.192. The van der Waals surface area contributed by atoms with Crippen molar-refractivity contribution in [1.82, 2.24) is 16.0 Å². The predicted octanol–water partition coefficient (Wildman–Crippen LogP) is 4.23. The number of rotatable bonds is 20. The summed E-state index contributed by atoms with van der Waals surface area (Å²) < 4.78 is 12.4. The van der Waals surface area contributed by atoms with E-state index in [9.17, 15) is 14.4 Å². The second kappa shape index (κ2) is 15.8. The lowest BCUT2D eigenvalue weighted by Crippen LogP contribution is -2.39. The summed E-state index contributed by atoms with van der Waals surface area (Å²) in [6.45, 7) is 9.72. The Hall–Kier alpha value is -1.52. The van der Waals surface area contributed by atoms with E-state index in [2.05, 4.69) is 43.6 Å². The maximum atomic E-state index is 12.4. The second-order valence-corrected chi connectivity index (χ2v) is 11.6. The molecule has 2 saturated heterocycles. The molecule has 4 N–H and O–H groups in total. The van der Waals surface area contributed by atoms with Crippen LogP contribution >= 0.6 is 11.8 Å². The minimum atomic E-state index is -0.849. The first-order chi connectivity index (χ1) is 17.7. The van der Waals surface area contributed by atoms with E-state index in [4.69, 9.17) is 14.6 Å². The van der Waals surface area contributed by atoms with Crippen LogP contribution in [-0.4, -0.2) is 77.1 Å². The van der Waals surface area contributed by atoms with Gasteiger partial charge in [0.15, 0.2) is 0 Å². The molecule has 0 aromatic heterocycles. The number of unbranched alkanes of at least 4 members (excludes halogenated alkanes) is 1. The summed E-state index contributed by atoms with van der Waals surface area (Å²) in [5, 5.41) is 18.4. The zero-order valence-electron chi connectivity index (χ0n) is 23.2. The molecule has 2 aliphatic rings. The van der Waals surface area contributed by atoms with Gasteiger partial charge in [0.2, 0.25) is 5.91 Å². The zero-order chi connectivity index (χ0) is 27.3. The van der Waals surface area contributed by atoms with Crippen LogP contribution in [-0.2, 0) is 19.1 Å². The maximum absolute atomic E-state index is 12.4. The Kier molecular flexibility index (Phi) is 13.5. The number of ether oxygens (including phenoxy) is 2. The van der Waals surface area contributed by atoms with E-state index in [0.29, 0.717) is 31.2 Å². The van der Waals surface area contributed by atoms with E-state index in [1.807, 2.05) is 11.8 Å². The van der Waals surface area contributed by atoms with Crippen LogP contribution in [0.15, 0.2) is 0 Å². The van der Waals surface area contributed by atoms with Crippen LogP contribution in [0.2, 0.25) is 0 Å². The number of thioether (sulfide) groups is 1. The van der Waals surface area contributed by atoms with Gasteiger partial charge in [0, 0.05) is 24.0 Å². The normalized spacial score (nSPS) is 21.4. The number of carbonyl (C=O) groups is 3. The molecule has 0 bridgehead atoms. The number of nitrogens with one attached hydrogen (secondary N) is 3. The van der Waals surface area contributed by atoms with Gasteiger partial charge in [0.05, 0.1) is 42.9 Å². The molecular weight excluding hydrogens is 494 g/mol. The molecular formula is C27H49N3O6S. The van der Waals surface area contributed by atoms with Crippen molar-refractivity contribution >= 4 is 29.7 Å². The fourth-order valence-electron chi connectivity index (χ4n) is 5.36. The lowest BCUT2D eigenvalue weighted by Gasteiger charge is -2.36. The van der Waals surface area contributed by atoms with Gasteiger partial charge in [-0.05, 0) is 51.4 Å². The molecule has 0 saturated carbocycles. The average Bonchev–Trinajstić information content (AvgIpc) is 3.43. The number of urea groups is 1.